The van der Waals surface area contributed by atoms with Gasteiger partial charge in [0.05, 0.1) is 18.4 Å². The average Bonchev–Trinajstić information content (AvgIpc) is 2.68. The molecule has 0 aromatic heterocycles. The van der Waals surface area contributed by atoms with E-state index in [4.69, 9.17) is 10.00 Å². The standard InChI is InChI=1S/C21H23N3O3/c1-21(2,20(26)24-17-10-6-4-9-16(17)14-22)19(25)23-13-12-15-8-5-7-11-18(15)27-3/h4-11H,12-13H2,1-3H3,(H,23,25)(H,24,26). The highest BCUT2D eigenvalue weighted by Gasteiger charge is 2.36. The Morgan fingerprint density at radius 2 is 1.74 bits per heavy atom. The van der Waals surface area contributed by atoms with Crippen LogP contribution in [0.2, 0.25) is 0 Å². The Balaban J connectivity index is 1.97. The highest BCUT2D eigenvalue weighted by Crippen LogP contribution is 2.22. The van der Waals surface area contributed by atoms with Gasteiger partial charge in [-0.25, -0.2) is 0 Å². The third kappa shape index (κ3) is 4.85. The summed E-state index contributed by atoms with van der Waals surface area (Å²) in [5, 5.41) is 14.6. The Hall–Kier alpha value is -3.33. The van der Waals surface area contributed by atoms with E-state index in [0.29, 0.717) is 24.2 Å². The zero-order valence-electron chi connectivity index (χ0n) is 15.7. The number of para-hydroxylation sites is 2. The predicted molar refractivity (Wildman–Crippen MR) is 103 cm³/mol. The molecule has 0 bridgehead atoms. The van der Waals surface area contributed by atoms with Gasteiger partial charge < -0.3 is 15.4 Å². The van der Waals surface area contributed by atoms with Gasteiger partial charge in [0.2, 0.25) is 11.8 Å². The lowest BCUT2D eigenvalue weighted by molar-refractivity contribution is -0.138. The van der Waals surface area contributed by atoms with E-state index in [0.717, 1.165) is 11.3 Å². The summed E-state index contributed by atoms with van der Waals surface area (Å²) in [6.45, 7) is 3.48. The van der Waals surface area contributed by atoms with E-state index in [2.05, 4.69) is 10.6 Å². The van der Waals surface area contributed by atoms with Crippen molar-refractivity contribution in [1.82, 2.24) is 5.32 Å². The van der Waals surface area contributed by atoms with Crippen molar-refractivity contribution >= 4 is 17.5 Å². The van der Waals surface area contributed by atoms with Gasteiger partial charge in [-0.15, -0.1) is 0 Å². The number of nitriles is 1. The molecular formula is C21H23N3O3. The van der Waals surface area contributed by atoms with Crippen LogP contribution in [0.15, 0.2) is 48.5 Å². The SMILES string of the molecule is COc1ccccc1CCNC(=O)C(C)(C)C(=O)Nc1ccccc1C#N. The van der Waals surface area contributed by atoms with Crippen molar-refractivity contribution in [2.45, 2.75) is 20.3 Å². The number of carbonyl (C=O) groups is 2. The van der Waals surface area contributed by atoms with Crippen molar-refractivity contribution in [3.8, 4) is 11.8 Å². The first kappa shape index (κ1) is 20.0. The topological polar surface area (TPSA) is 91.2 Å². The summed E-state index contributed by atoms with van der Waals surface area (Å²) in [5.41, 5.74) is 0.423. The second-order valence-corrected chi connectivity index (χ2v) is 6.55. The molecule has 140 valence electrons. The van der Waals surface area contributed by atoms with Crippen LogP contribution in [0.3, 0.4) is 0 Å². The number of nitrogens with zero attached hydrogens (tertiary/aromatic N) is 1. The molecule has 0 radical (unpaired) electrons. The molecule has 0 aliphatic heterocycles. The van der Waals surface area contributed by atoms with E-state index in [9.17, 15) is 9.59 Å². The number of benzene rings is 2. The van der Waals surface area contributed by atoms with Gasteiger partial charge in [-0.05, 0) is 44.0 Å². The molecule has 0 saturated carbocycles. The highest BCUT2D eigenvalue weighted by molar-refractivity contribution is 6.10. The van der Waals surface area contributed by atoms with Crippen molar-refractivity contribution < 1.29 is 14.3 Å². The number of methoxy groups -OCH3 is 1. The number of anilines is 1. The molecule has 6 heteroatoms. The van der Waals surface area contributed by atoms with Crippen molar-refractivity contribution in [3.05, 3.63) is 59.7 Å². The first-order chi connectivity index (χ1) is 12.9. The van der Waals surface area contributed by atoms with E-state index in [1.165, 1.54) is 0 Å². The average molecular weight is 365 g/mol. The van der Waals surface area contributed by atoms with Gasteiger partial charge in [0.25, 0.3) is 0 Å². The van der Waals surface area contributed by atoms with Crippen LogP contribution in [0, 0.1) is 16.7 Å². The van der Waals surface area contributed by atoms with Crippen LogP contribution in [0.1, 0.15) is 25.0 Å². The smallest absolute Gasteiger partial charge is 0.239 e. The number of hydrogen-bond donors (Lipinski definition) is 2. The molecule has 0 aliphatic rings. The molecule has 6 nitrogen and oxygen atoms in total. The van der Waals surface area contributed by atoms with Crippen LogP contribution in [-0.4, -0.2) is 25.5 Å². The summed E-state index contributed by atoms with van der Waals surface area (Å²) < 4.78 is 5.29. The van der Waals surface area contributed by atoms with E-state index < -0.39 is 11.3 Å². The third-order valence-electron chi connectivity index (χ3n) is 4.30. The van der Waals surface area contributed by atoms with Gasteiger partial charge in [-0.3, -0.25) is 9.59 Å². The molecule has 0 unspecified atom stereocenters. The fraction of sp³-hybridized carbons (Fsp3) is 0.286. The largest absolute Gasteiger partial charge is 0.496 e. The second kappa shape index (κ2) is 8.86. The first-order valence-corrected chi connectivity index (χ1v) is 8.61. The van der Waals surface area contributed by atoms with Crippen LogP contribution >= 0.6 is 0 Å². The summed E-state index contributed by atoms with van der Waals surface area (Å²) in [7, 11) is 1.60. The lowest BCUT2D eigenvalue weighted by Crippen LogP contribution is -2.45. The number of rotatable bonds is 7. The highest BCUT2D eigenvalue weighted by atomic mass is 16.5. The van der Waals surface area contributed by atoms with Crippen molar-refractivity contribution in [3.63, 3.8) is 0 Å². The fourth-order valence-corrected chi connectivity index (χ4v) is 2.51. The number of amides is 2. The minimum atomic E-state index is -1.29. The number of carbonyl (C=O) groups excluding carboxylic acids is 2. The third-order valence-corrected chi connectivity index (χ3v) is 4.30. The Morgan fingerprint density at radius 3 is 2.44 bits per heavy atom. The fourth-order valence-electron chi connectivity index (χ4n) is 2.51. The van der Waals surface area contributed by atoms with Crippen molar-refractivity contribution in [1.29, 1.82) is 5.26 Å². The van der Waals surface area contributed by atoms with Gasteiger partial charge in [0.15, 0.2) is 0 Å². The van der Waals surface area contributed by atoms with Crippen molar-refractivity contribution in [2.75, 3.05) is 19.0 Å². The maximum Gasteiger partial charge on any atom is 0.239 e. The molecular weight excluding hydrogens is 342 g/mol. The molecule has 0 fully saturated rings. The predicted octanol–water partition coefficient (Wildman–Crippen LogP) is 2.89. The Kier molecular flexibility index (Phi) is 6.56. The zero-order chi connectivity index (χ0) is 19.9. The lowest BCUT2D eigenvalue weighted by Gasteiger charge is -2.23. The molecule has 27 heavy (non-hydrogen) atoms. The quantitative estimate of drug-likeness (QED) is 0.738. The van der Waals surface area contributed by atoms with E-state index in [-0.39, 0.29) is 5.91 Å². The number of ether oxygens (including phenoxy) is 1. The minimum Gasteiger partial charge on any atom is -0.496 e. The first-order valence-electron chi connectivity index (χ1n) is 8.61. The normalized spacial score (nSPS) is 10.6. The zero-order valence-corrected chi connectivity index (χ0v) is 15.7. The molecule has 0 saturated heterocycles. The molecule has 0 spiro atoms. The lowest BCUT2D eigenvalue weighted by atomic mass is 9.90. The molecule has 2 aromatic carbocycles. The van der Waals surface area contributed by atoms with Gasteiger partial charge in [0.1, 0.15) is 17.2 Å². The summed E-state index contributed by atoms with van der Waals surface area (Å²) in [5.74, 6) is -0.0961. The van der Waals surface area contributed by atoms with Gasteiger partial charge in [0, 0.05) is 6.54 Å². The number of nitrogens with one attached hydrogen (secondary N) is 2. The molecule has 0 heterocycles. The van der Waals surface area contributed by atoms with E-state index in [1.54, 1.807) is 45.2 Å². The Labute approximate surface area is 159 Å². The maximum atomic E-state index is 12.6. The summed E-state index contributed by atoms with van der Waals surface area (Å²) in [6, 6.07) is 16.3. The van der Waals surface area contributed by atoms with Gasteiger partial charge >= 0.3 is 0 Å². The Bertz CT molecular complexity index is 869. The van der Waals surface area contributed by atoms with Crippen LogP contribution in [0.4, 0.5) is 5.69 Å². The van der Waals surface area contributed by atoms with Crippen molar-refractivity contribution in [2.24, 2.45) is 5.41 Å². The summed E-state index contributed by atoms with van der Waals surface area (Å²) in [4.78, 5) is 25.1. The summed E-state index contributed by atoms with van der Waals surface area (Å²) >= 11 is 0. The van der Waals surface area contributed by atoms with Crippen LogP contribution < -0.4 is 15.4 Å². The maximum absolute atomic E-state index is 12.6. The second-order valence-electron chi connectivity index (χ2n) is 6.55. The Morgan fingerprint density at radius 1 is 1.07 bits per heavy atom. The van der Waals surface area contributed by atoms with Crippen LogP contribution in [0.5, 0.6) is 5.75 Å². The molecule has 0 aliphatic carbocycles. The molecule has 2 N–H and O–H groups in total. The summed E-state index contributed by atoms with van der Waals surface area (Å²) in [6.07, 6.45) is 0.588. The minimum absolute atomic E-state index is 0.346. The van der Waals surface area contributed by atoms with E-state index >= 15 is 0 Å². The molecule has 2 rings (SSSR count). The molecule has 0 atom stereocenters. The van der Waals surface area contributed by atoms with E-state index in [1.807, 2.05) is 30.3 Å². The van der Waals surface area contributed by atoms with Crippen LogP contribution in [0.25, 0.3) is 0 Å². The van der Waals surface area contributed by atoms with Crippen LogP contribution in [-0.2, 0) is 16.0 Å². The van der Waals surface area contributed by atoms with Gasteiger partial charge in [-0.2, -0.15) is 5.26 Å². The molecule has 2 aromatic rings. The molecule has 2 amide bonds. The van der Waals surface area contributed by atoms with Gasteiger partial charge in [-0.1, -0.05) is 30.3 Å². The number of hydrogen-bond acceptors (Lipinski definition) is 4. The monoisotopic (exact) mass is 365 g/mol.